The first-order chi connectivity index (χ1) is 16.4. The Morgan fingerprint density at radius 3 is 2.21 bits per heavy atom. The molecule has 0 aromatic heterocycles. The summed E-state index contributed by atoms with van der Waals surface area (Å²) in [4.78, 5) is 39.3. The molecule has 3 aromatic carbocycles. The van der Waals surface area contributed by atoms with E-state index in [0.29, 0.717) is 22.7 Å². The van der Waals surface area contributed by atoms with Gasteiger partial charge in [-0.2, -0.15) is 0 Å². The standard InChI is InChI=1S/C26H25N3O5/c1-26(19-11-14-21(33-2)22(15-19)34-3)24(31)29(25(32)28-26)16-23(30)27-20-12-9-18(10-13-20)17-7-5-4-6-8-17/h4-15H,16H2,1-3H3,(H,27,30)(H,28,32)/t26-/m1/s1. The van der Waals surface area contributed by atoms with Crippen molar-refractivity contribution in [1.82, 2.24) is 10.2 Å². The fraction of sp³-hybridized carbons (Fsp3) is 0.192. The van der Waals surface area contributed by atoms with Crippen molar-refractivity contribution in [3.8, 4) is 22.6 Å². The molecule has 1 fully saturated rings. The quantitative estimate of drug-likeness (QED) is 0.524. The third kappa shape index (κ3) is 4.30. The van der Waals surface area contributed by atoms with Gasteiger partial charge >= 0.3 is 6.03 Å². The normalized spacial score (nSPS) is 17.3. The minimum Gasteiger partial charge on any atom is -0.493 e. The molecule has 4 amide bonds. The van der Waals surface area contributed by atoms with Crippen molar-refractivity contribution in [3.05, 3.63) is 78.4 Å². The smallest absolute Gasteiger partial charge is 0.325 e. The Morgan fingerprint density at radius 2 is 1.56 bits per heavy atom. The summed E-state index contributed by atoms with van der Waals surface area (Å²) in [6.45, 7) is 1.18. The highest BCUT2D eigenvalue weighted by Crippen LogP contribution is 2.35. The number of benzene rings is 3. The minimum atomic E-state index is -1.34. The zero-order chi connectivity index (χ0) is 24.3. The first-order valence-electron chi connectivity index (χ1n) is 10.7. The van der Waals surface area contributed by atoms with Gasteiger partial charge in [0.25, 0.3) is 5.91 Å². The molecule has 1 aliphatic rings. The molecule has 8 nitrogen and oxygen atoms in total. The Balaban J connectivity index is 1.45. The van der Waals surface area contributed by atoms with Crippen LogP contribution in [0, 0.1) is 0 Å². The highest BCUT2D eigenvalue weighted by Gasteiger charge is 2.49. The molecule has 0 spiro atoms. The number of hydrogen-bond donors (Lipinski definition) is 2. The van der Waals surface area contributed by atoms with Gasteiger partial charge in [0.1, 0.15) is 12.1 Å². The number of carbonyl (C=O) groups excluding carboxylic acids is 3. The maximum absolute atomic E-state index is 13.2. The molecule has 2 N–H and O–H groups in total. The van der Waals surface area contributed by atoms with E-state index < -0.39 is 29.9 Å². The Labute approximate surface area is 197 Å². The van der Waals surface area contributed by atoms with Gasteiger partial charge in [0.15, 0.2) is 11.5 Å². The highest BCUT2D eigenvalue weighted by atomic mass is 16.5. The lowest BCUT2D eigenvalue weighted by Crippen LogP contribution is -2.42. The topological polar surface area (TPSA) is 97.0 Å². The van der Waals surface area contributed by atoms with Gasteiger partial charge in [-0.1, -0.05) is 48.5 Å². The molecule has 0 unspecified atom stereocenters. The maximum atomic E-state index is 13.2. The molecule has 0 aliphatic carbocycles. The van der Waals surface area contributed by atoms with Gasteiger partial charge in [0, 0.05) is 5.69 Å². The van der Waals surface area contributed by atoms with Crippen molar-refractivity contribution in [2.45, 2.75) is 12.5 Å². The van der Waals surface area contributed by atoms with E-state index in [2.05, 4.69) is 10.6 Å². The monoisotopic (exact) mass is 459 g/mol. The van der Waals surface area contributed by atoms with Gasteiger partial charge in [0.05, 0.1) is 14.2 Å². The van der Waals surface area contributed by atoms with Crippen molar-refractivity contribution < 1.29 is 23.9 Å². The van der Waals surface area contributed by atoms with E-state index >= 15 is 0 Å². The molecule has 8 heteroatoms. The van der Waals surface area contributed by atoms with Gasteiger partial charge in [-0.05, 0) is 47.9 Å². The van der Waals surface area contributed by atoms with Crippen LogP contribution in [0.1, 0.15) is 12.5 Å². The molecule has 0 bridgehead atoms. The van der Waals surface area contributed by atoms with Crippen LogP contribution < -0.4 is 20.1 Å². The van der Waals surface area contributed by atoms with E-state index in [-0.39, 0.29) is 0 Å². The maximum Gasteiger partial charge on any atom is 0.325 e. The Hall–Kier alpha value is -4.33. The van der Waals surface area contributed by atoms with Crippen molar-refractivity contribution in [1.29, 1.82) is 0 Å². The predicted molar refractivity (Wildman–Crippen MR) is 128 cm³/mol. The van der Waals surface area contributed by atoms with E-state index in [4.69, 9.17) is 9.47 Å². The first-order valence-corrected chi connectivity index (χ1v) is 10.7. The van der Waals surface area contributed by atoms with Crippen LogP contribution in [-0.4, -0.2) is 43.5 Å². The number of nitrogens with one attached hydrogen (secondary N) is 2. The molecule has 4 rings (SSSR count). The summed E-state index contributed by atoms with van der Waals surface area (Å²) in [7, 11) is 3.00. The van der Waals surface area contributed by atoms with Gasteiger partial charge in [0.2, 0.25) is 5.91 Å². The van der Waals surface area contributed by atoms with Crippen LogP contribution in [0.2, 0.25) is 0 Å². The van der Waals surface area contributed by atoms with Crippen LogP contribution >= 0.6 is 0 Å². The Bertz CT molecular complexity index is 1230. The minimum absolute atomic E-state index is 0.409. The van der Waals surface area contributed by atoms with Crippen LogP contribution in [0.25, 0.3) is 11.1 Å². The summed E-state index contributed by atoms with van der Waals surface area (Å²) in [5, 5.41) is 5.43. The van der Waals surface area contributed by atoms with Crippen molar-refractivity contribution in [3.63, 3.8) is 0 Å². The van der Waals surface area contributed by atoms with Crippen molar-refractivity contribution in [2.24, 2.45) is 0 Å². The van der Waals surface area contributed by atoms with Crippen LogP contribution in [0.4, 0.5) is 10.5 Å². The molecule has 3 aromatic rings. The van der Waals surface area contributed by atoms with E-state index in [1.807, 2.05) is 42.5 Å². The second-order valence-electron chi connectivity index (χ2n) is 8.01. The average Bonchev–Trinajstić information content (AvgIpc) is 3.08. The Kier molecular flexibility index (Phi) is 6.23. The number of nitrogens with zero attached hydrogens (tertiary/aromatic N) is 1. The summed E-state index contributed by atoms with van der Waals surface area (Å²) in [5.74, 6) is -0.0774. The molecule has 34 heavy (non-hydrogen) atoms. The lowest BCUT2D eigenvalue weighted by molar-refractivity contribution is -0.133. The number of ether oxygens (including phenoxy) is 2. The number of rotatable bonds is 7. The summed E-state index contributed by atoms with van der Waals surface area (Å²) in [6, 6.07) is 21.5. The number of methoxy groups -OCH3 is 2. The van der Waals surface area contributed by atoms with Gasteiger partial charge in [-0.3, -0.25) is 14.5 Å². The predicted octanol–water partition coefficient (Wildman–Crippen LogP) is 3.78. The zero-order valence-electron chi connectivity index (χ0n) is 19.1. The van der Waals surface area contributed by atoms with E-state index in [1.165, 1.54) is 14.2 Å². The molecule has 0 saturated carbocycles. The summed E-state index contributed by atoms with van der Waals surface area (Å²) >= 11 is 0. The molecule has 0 radical (unpaired) electrons. The second kappa shape index (κ2) is 9.27. The summed E-state index contributed by atoms with van der Waals surface area (Å²) < 4.78 is 10.5. The number of anilines is 1. The number of imide groups is 1. The van der Waals surface area contributed by atoms with Gasteiger partial charge < -0.3 is 20.1 Å². The van der Waals surface area contributed by atoms with E-state index in [9.17, 15) is 14.4 Å². The van der Waals surface area contributed by atoms with E-state index in [0.717, 1.165) is 16.0 Å². The van der Waals surface area contributed by atoms with Gasteiger partial charge in [-0.15, -0.1) is 0 Å². The molecule has 1 heterocycles. The molecule has 1 aliphatic heterocycles. The average molecular weight is 460 g/mol. The number of hydrogen-bond acceptors (Lipinski definition) is 5. The van der Waals surface area contributed by atoms with Crippen LogP contribution in [0.15, 0.2) is 72.8 Å². The van der Waals surface area contributed by atoms with Crippen LogP contribution in [-0.2, 0) is 15.1 Å². The molecular formula is C26H25N3O5. The number of carbonyl (C=O) groups is 3. The third-order valence-electron chi connectivity index (χ3n) is 5.81. The zero-order valence-corrected chi connectivity index (χ0v) is 19.1. The van der Waals surface area contributed by atoms with Crippen LogP contribution in [0.3, 0.4) is 0 Å². The second-order valence-corrected chi connectivity index (χ2v) is 8.01. The van der Waals surface area contributed by atoms with E-state index in [1.54, 1.807) is 37.3 Å². The lowest BCUT2D eigenvalue weighted by atomic mass is 9.91. The van der Waals surface area contributed by atoms with Crippen LogP contribution in [0.5, 0.6) is 11.5 Å². The Morgan fingerprint density at radius 1 is 0.912 bits per heavy atom. The molecule has 1 atom stereocenters. The molecule has 174 valence electrons. The highest BCUT2D eigenvalue weighted by molar-refractivity contribution is 6.10. The van der Waals surface area contributed by atoms with Crippen molar-refractivity contribution >= 4 is 23.5 Å². The fourth-order valence-electron chi connectivity index (χ4n) is 3.90. The first kappa shape index (κ1) is 22.8. The van der Waals surface area contributed by atoms with Crippen molar-refractivity contribution in [2.75, 3.05) is 26.1 Å². The third-order valence-corrected chi connectivity index (χ3v) is 5.81. The number of amides is 4. The van der Waals surface area contributed by atoms with Gasteiger partial charge in [-0.25, -0.2) is 4.79 Å². The fourth-order valence-corrected chi connectivity index (χ4v) is 3.90. The summed E-state index contributed by atoms with van der Waals surface area (Å²) in [6.07, 6.45) is 0. The SMILES string of the molecule is COc1ccc([C@@]2(C)NC(=O)N(CC(=O)Nc3ccc(-c4ccccc4)cc3)C2=O)cc1OC. The lowest BCUT2D eigenvalue weighted by Gasteiger charge is -2.23. The largest absolute Gasteiger partial charge is 0.493 e. The number of urea groups is 1. The molecular weight excluding hydrogens is 434 g/mol. The molecule has 1 saturated heterocycles. The summed E-state index contributed by atoms with van der Waals surface area (Å²) in [5.41, 5.74) is 1.82.